The average molecular weight is 420 g/mol. The second-order valence-corrected chi connectivity index (χ2v) is 7.45. The van der Waals surface area contributed by atoms with E-state index < -0.39 is 5.91 Å². The molecule has 4 heterocycles. The second kappa shape index (κ2) is 7.35. The fourth-order valence-electron chi connectivity index (χ4n) is 4.26. The molecule has 2 unspecified atom stereocenters. The first-order valence-corrected chi connectivity index (χ1v) is 9.88. The Balaban J connectivity index is 1.49. The summed E-state index contributed by atoms with van der Waals surface area (Å²) in [6.07, 6.45) is 2.45. The molecule has 3 aromatic rings. The lowest BCUT2D eigenvalue weighted by Crippen LogP contribution is -2.39. The minimum absolute atomic E-state index is 0.0314. The normalized spacial score (nSPS) is 19.9. The van der Waals surface area contributed by atoms with Crippen molar-refractivity contribution in [3.63, 3.8) is 0 Å². The van der Waals surface area contributed by atoms with Crippen LogP contribution in [0.4, 0.5) is 11.8 Å². The number of hydrogen-bond acceptors (Lipinski definition) is 9. The molecule has 2 atom stereocenters. The third-order valence-electron chi connectivity index (χ3n) is 5.72. The molecule has 0 radical (unpaired) electrons. The van der Waals surface area contributed by atoms with Gasteiger partial charge in [-0.15, -0.1) is 10.2 Å². The summed E-state index contributed by atoms with van der Waals surface area (Å²) in [5.74, 6) is 0.325. The maximum Gasteiger partial charge on any atom is 0.306 e. The number of primary amides is 1. The summed E-state index contributed by atoms with van der Waals surface area (Å²) in [5.41, 5.74) is 7.45. The van der Waals surface area contributed by atoms with Crippen molar-refractivity contribution in [2.45, 2.75) is 18.4 Å². The minimum Gasteiger partial charge on any atom is -0.412 e. The molecule has 0 spiro atoms. The lowest BCUT2D eigenvalue weighted by molar-refractivity contribution is 0.0950. The Labute approximate surface area is 177 Å². The van der Waals surface area contributed by atoms with Crippen molar-refractivity contribution in [1.29, 1.82) is 0 Å². The number of nitrogens with one attached hydrogen (secondary N) is 2. The number of carbonyl (C=O) groups excluding carboxylic acids is 2. The molecule has 158 valence electrons. The number of fused-ring (bicyclic) bond motifs is 3. The molecule has 4 N–H and O–H groups in total. The second-order valence-electron chi connectivity index (χ2n) is 7.45. The maximum atomic E-state index is 12.6. The third-order valence-corrected chi connectivity index (χ3v) is 5.72. The minimum atomic E-state index is -0.767. The van der Waals surface area contributed by atoms with Gasteiger partial charge in [0.1, 0.15) is 11.4 Å². The first-order chi connectivity index (χ1) is 15.0. The van der Waals surface area contributed by atoms with Gasteiger partial charge in [0, 0.05) is 37.8 Å². The first-order valence-electron chi connectivity index (χ1n) is 9.88. The smallest absolute Gasteiger partial charge is 0.306 e. The van der Waals surface area contributed by atoms with Crippen LogP contribution in [0.2, 0.25) is 0 Å². The fourth-order valence-corrected chi connectivity index (χ4v) is 4.26. The fraction of sp³-hybridized carbons (Fsp3) is 0.300. The zero-order valence-corrected chi connectivity index (χ0v) is 16.7. The molecule has 2 aliphatic rings. The summed E-state index contributed by atoms with van der Waals surface area (Å²) in [5, 5.41) is 13.5. The Morgan fingerprint density at radius 2 is 2.23 bits per heavy atom. The molecule has 2 aliphatic heterocycles. The van der Waals surface area contributed by atoms with Crippen molar-refractivity contribution in [1.82, 2.24) is 25.5 Å². The van der Waals surface area contributed by atoms with Crippen LogP contribution in [-0.2, 0) is 0 Å². The molecular formula is C20H20N8O3. The van der Waals surface area contributed by atoms with Gasteiger partial charge in [-0.3, -0.25) is 9.59 Å². The third kappa shape index (κ3) is 3.23. The SMILES string of the molecule is CNc1ncc2c(n1)N1CCC(c3cccc(-c4nnc(C(N)=O)o4)c3)C1CNC2=O. The Hall–Kier alpha value is -4.02. The molecule has 5 rings (SSSR count). The van der Waals surface area contributed by atoms with Gasteiger partial charge in [-0.25, -0.2) is 4.98 Å². The van der Waals surface area contributed by atoms with Gasteiger partial charge in [0.05, 0.1) is 6.04 Å². The van der Waals surface area contributed by atoms with Gasteiger partial charge < -0.3 is 25.7 Å². The monoisotopic (exact) mass is 420 g/mol. The van der Waals surface area contributed by atoms with E-state index in [0.717, 1.165) is 18.5 Å². The van der Waals surface area contributed by atoms with Crippen molar-refractivity contribution in [3.05, 3.63) is 47.5 Å². The topological polar surface area (TPSA) is 152 Å². The molecule has 0 bridgehead atoms. The van der Waals surface area contributed by atoms with Gasteiger partial charge in [-0.2, -0.15) is 4.98 Å². The molecule has 11 heteroatoms. The molecule has 1 saturated heterocycles. The van der Waals surface area contributed by atoms with Crippen LogP contribution in [-0.4, -0.2) is 58.2 Å². The zero-order chi connectivity index (χ0) is 21.5. The van der Waals surface area contributed by atoms with Crippen LogP contribution >= 0.6 is 0 Å². The number of nitrogens with zero attached hydrogens (tertiary/aromatic N) is 5. The molecular weight excluding hydrogens is 400 g/mol. The lowest BCUT2D eigenvalue weighted by Gasteiger charge is -2.27. The number of nitrogens with two attached hydrogens (primary N) is 1. The van der Waals surface area contributed by atoms with E-state index in [1.807, 2.05) is 24.3 Å². The van der Waals surface area contributed by atoms with Gasteiger partial charge in [0.15, 0.2) is 0 Å². The van der Waals surface area contributed by atoms with Crippen molar-refractivity contribution < 1.29 is 14.0 Å². The van der Waals surface area contributed by atoms with Gasteiger partial charge in [-0.1, -0.05) is 12.1 Å². The Kier molecular flexibility index (Phi) is 4.50. The van der Waals surface area contributed by atoms with Crippen molar-refractivity contribution in [2.24, 2.45) is 5.73 Å². The van der Waals surface area contributed by atoms with Crippen molar-refractivity contribution >= 4 is 23.6 Å². The van der Waals surface area contributed by atoms with Crippen LogP contribution in [0.5, 0.6) is 0 Å². The van der Waals surface area contributed by atoms with Crippen LogP contribution in [0.15, 0.2) is 34.9 Å². The van der Waals surface area contributed by atoms with Gasteiger partial charge in [0.25, 0.3) is 5.91 Å². The van der Waals surface area contributed by atoms with Crippen LogP contribution in [0, 0.1) is 0 Å². The van der Waals surface area contributed by atoms with Crippen molar-refractivity contribution in [2.75, 3.05) is 30.4 Å². The predicted molar refractivity (Wildman–Crippen MR) is 111 cm³/mol. The van der Waals surface area contributed by atoms with E-state index in [-0.39, 0.29) is 29.6 Å². The van der Waals surface area contributed by atoms with Gasteiger partial charge >= 0.3 is 11.8 Å². The molecule has 31 heavy (non-hydrogen) atoms. The molecule has 11 nitrogen and oxygen atoms in total. The quantitative estimate of drug-likeness (QED) is 0.555. The Morgan fingerprint density at radius 3 is 3.00 bits per heavy atom. The molecule has 0 saturated carbocycles. The Bertz CT molecular complexity index is 1180. The van der Waals surface area contributed by atoms with Crippen LogP contribution < -0.4 is 21.3 Å². The maximum absolute atomic E-state index is 12.6. The Morgan fingerprint density at radius 1 is 1.35 bits per heavy atom. The summed E-state index contributed by atoms with van der Waals surface area (Å²) in [4.78, 5) is 34.8. The van der Waals surface area contributed by atoms with E-state index in [1.54, 1.807) is 13.2 Å². The van der Waals surface area contributed by atoms with E-state index in [9.17, 15) is 9.59 Å². The van der Waals surface area contributed by atoms with Crippen LogP contribution in [0.25, 0.3) is 11.5 Å². The number of aromatic nitrogens is 4. The van der Waals surface area contributed by atoms with E-state index in [2.05, 4.69) is 35.7 Å². The number of benzene rings is 1. The molecule has 1 aromatic carbocycles. The first kappa shape index (κ1) is 19.0. The summed E-state index contributed by atoms with van der Waals surface area (Å²) < 4.78 is 5.37. The lowest BCUT2D eigenvalue weighted by atomic mass is 9.90. The highest BCUT2D eigenvalue weighted by Crippen LogP contribution is 2.39. The van der Waals surface area contributed by atoms with E-state index >= 15 is 0 Å². The van der Waals surface area contributed by atoms with Crippen molar-refractivity contribution in [3.8, 4) is 11.5 Å². The standard InChI is InChI=1S/C20H20N8O3/c1-22-20-24-8-13-16(25-20)28-6-5-12(14(28)9-23-17(13)30)10-3-2-4-11(7-10)18-26-27-19(31-18)15(21)29/h2-4,7-8,12,14H,5-6,9H2,1H3,(H2,21,29)(H,23,30)(H,22,24,25). The highest BCUT2D eigenvalue weighted by molar-refractivity contribution is 5.99. The molecule has 2 aromatic heterocycles. The van der Waals surface area contributed by atoms with Crippen LogP contribution in [0.3, 0.4) is 0 Å². The number of amides is 2. The number of rotatable bonds is 4. The van der Waals surface area contributed by atoms with E-state index in [4.69, 9.17) is 10.2 Å². The zero-order valence-electron chi connectivity index (χ0n) is 16.7. The van der Waals surface area contributed by atoms with Crippen LogP contribution in [0.1, 0.15) is 38.9 Å². The molecule has 0 aliphatic carbocycles. The number of hydrogen-bond donors (Lipinski definition) is 3. The highest BCUT2D eigenvalue weighted by atomic mass is 16.4. The van der Waals surface area contributed by atoms with Gasteiger partial charge in [0.2, 0.25) is 11.8 Å². The summed E-state index contributed by atoms with van der Waals surface area (Å²) in [7, 11) is 1.75. The molecule has 1 fully saturated rings. The molecule has 2 amide bonds. The van der Waals surface area contributed by atoms with E-state index in [1.165, 1.54) is 0 Å². The average Bonchev–Trinajstić information content (AvgIpc) is 3.42. The summed E-state index contributed by atoms with van der Waals surface area (Å²) in [6.45, 7) is 1.25. The largest absolute Gasteiger partial charge is 0.412 e. The number of anilines is 2. The summed E-state index contributed by atoms with van der Waals surface area (Å²) in [6, 6.07) is 7.79. The van der Waals surface area contributed by atoms with E-state index in [0.29, 0.717) is 29.4 Å². The van der Waals surface area contributed by atoms with Gasteiger partial charge in [-0.05, 0) is 24.1 Å². The predicted octanol–water partition coefficient (Wildman–Crippen LogP) is 0.773. The summed E-state index contributed by atoms with van der Waals surface area (Å²) >= 11 is 0. The highest BCUT2D eigenvalue weighted by Gasteiger charge is 2.40. The number of carbonyl (C=O) groups is 2.